The molecule has 0 saturated heterocycles. The number of aromatic amines is 1. The average molecular weight is 248 g/mol. The largest absolute Gasteiger partial charge is 0.466 e. The summed E-state index contributed by atoms with van der Waals surface area (Å²) < 4.78 is 5.44. The lowest BCUT2D eigenvalue weighted by Gasteiger charge is -2.11. The zero-order valence-electron chi connectivity index (χ0n) is 10.9. The molecule has 0 aliphatic heterocycles. The Hall–Kier alpha value is -2.11. The molecule has 0 spiro atoms. The molecule has 6 nitrogen and oxygen atoms in total. The van der Waals surface area contributed by atoms with Crippen molar-refractivity contribution >= 4 is 5.91 Å². The van der Waals surface area contributed by atoms with Crippen LogP contribution >= 0.6 is 0 Å². The monoisotopic (exact) mass is 248 g/mol. The second-order valence-electron chi connectivity index (χ2n) is 4.31. The van der Waals surface area contributed by atoms with E-state index in [0.717, 1.165) is 17.1 Å². The van der Waals surface area contributed by atoms with Crippen LogP contribution in [-0.2, 0) is 0 Å². The SMILES string of the molecule is Cc1nc(C(=O)NC(C)c2cc(C)oc2C)n[nH]1. The zero-order valence-corrected chi connectivity index (χ0v) is 10.9. The highest BCUT2D eigenvalue weighted by atomic mass is 16.3. The molecule has 2 aromatic rings. The minimum absolute atomic E-state index is 0.145. The fraction of sp³-hybridized carbons (Fsp3) is 0.417. The highest BCUT2D eigenvalue weighted by Crippen LogP contribution is 2.21. The van der Waals surface area contributed by atoms with Gasteiger partial charge in [0.2, 0.25) is 5.82 Å². The number of rotatable bonds is 3. The molecule has 0 bridgehead atoms. The summed E-state index contributed by atoms with van der Waals surface area (Å²) in [6, 6.07) is 1.78. The first-order valence-corrected chi connectivity index (χ1v) is 5.74. The van der Waals surface area contributed by atoms with E-state index in [1.807, 2.05) is 26.8 Å². The summed E-state index contributed by atoms with van der Waals surface area (Å²) in [6.45, 7) is 7.40. The number of hydrogen-bond acceptors (Lipinski definition) is 4. The standard InChI is InChI=1S/C12H16N4O2/c1-6-5-10(8(3)18-6)7(2)13-12(17)11-14-9(4)15-16-11/h5,7H,1-4H3,(H,13,17)(H,14,15,16). The van der Waals surface area contributed by atoms with Gasteiger partial charge in [0.1, 0.15) is 17.3 Å². The van der Waals surface area contributed by atoms with Crippen LogP contribution in [0.1, 0.15) is 46.5 Å². The number of furan rings is 1. The van der Waals surface area contributed by atoms with Gasteiger partial charge in [0, 0.05) is 5.56 Å². The van der Waals surface area contributed by atoms with Crippen molar-refractivity contribution in [3.8, 4) is 0 Å². The number of aromatic nitrogens is 3. The Bertz CT molecular complexity index is 570. The fourth-order valence-electron chi connectivity index (χ4n) is 1.86. The summed E-state index contributed by atoms with van der Waals surface area (Å²) in [6.07, 6.45) is 0. The van der Waals surface area contributed by atoms with E-state index >= 15 is 0 Å². The highest BCUT2D eigenvalue weighted by molar-refractivity contribution is 5.90. The van der Waals surface area contributed by atoms with E-state index in [2.05, 4.69) is 20.5 Å². The summed E-state index contributed by atoms with van der Waals surface area (Å²) in [5.74, 6) is 2.11. The van der Waals surface area contributed by atoms with Crippen LogP contribution in [0.3, 0.4) is 0 Å². The van der Waals surface area contributed by atoms with Gasteiger partial charge in [0.25, 0.3) is 5.91 Å². The lowest BCUT2D eigenvalue weighted by atomic mass is 10.1. The third-order valence-corrected chi connectivity index (χ3v) is 2.69. The number of carbonyl (C=O) groups excluding carboxylic acids is 1. The highest BCUT2D eigenvalue weighted by Gasteiger charge is 2.18. The molecular weight excluding hydrogens is 232 g/mol. The van der Waals surface area contributed by atoms with E-state index in [0.29, 0.717) is 5.82 Å². The first kappa shape index (κ1) is 12.3. The van der Waals surface area contributed by atoms with Gasteiger partial charge in [0.05, 0.1) is 6.04 Å². The van der Waals surface area contributed by atoms with Crippen LogP contribution in [0.4, 0.5) is 0 Å². The number of carbonyl (C=O) groups is 1. The predicted octanol–water partition coefficient (Wildman–Crippen LogP) is 1.81. The number of nitrogens with one attached hydrogen (secondary N) is 2. The maximum Gasteiger partial charge on any atom is 0.291 e. The van der Waals surface area contributed by atoms with E-state index in [1.54, 1.807) is 6.92 Å². The van der Waals surface area contributed by atoms with Crippen LogP contribution in [0.5, 0.6) is 0 Å². The van der Waals surface area contributed by atoms with E-state index in [-0.39, 0.29) is 17.8 Å². The zero-order chi connectivity index (χ0) is 13.3. The summed E-state index contributed by atoms with van der Waals surface area (Å²) in [4.78, 5) is 15.9. The molecule has 2 N–H and O–H groups in total. The van der Waals surface area contributed by atoms with Crippen molar-refractivity contribution in [3.05, 3.63) is 34.8 Å². The Balaban J connectivity index is 2.10. The molecule has 96 valence electrons. The van der Waals surface area contributed by atoms with Gasteiger partial charge in [-0.3, -0.25) is 9.89 Å². The molecule has 1 atom stereocenters. The normalized spacial score (nSPS) is 12.4. The molecule has 0 radical (unpaired) electrons. The molecule has 6 heteroatoms. The number of nitrogens with zero attached hydrogens (tertiary/aromatic N) is 2. The number of aryl methyl sites for hydroxylation is 3. The van der Waals surface area contributed by atoms with Gasteiger partial charge in [-0.1, -0.05) is 0 Å². The van der Waals surface area contributed by atoms with E-state index in [4.69, 9.17) is 4.42 Å². The fourth-order valence-corrected chi connectivity index (χ4v) is 1.86. The quantitative estimate of drug-likeness (QED) is 0.867. The lowest BCUT2D eigenvalue weighted by molar-refractivity contribution is 0.0929. The van der Waals surface area contributed by atoms with E-state index < -0.39 is 0 Å². The van der Waals surface area contributed by atoms with Crippen LogP contribution in [0.25, 0.3) is 0 Å². The van der Waals surface area contributed by atoms with Crippen molar-refractivity contribution in [2.75, 3.05) is 0 Å². The first-order chi connectivity index (χ1) is 8.47. The van der Waals surface area contributed by atoms with Crippen LogP contribution in [-0.4, -0.2) is 21.1 Å². The Labute approximate surface area is 105 Å². The number of H-pyrrole nitrogens is 1. The third kappa shape index (κ3) is 2.42. The Morgan fingerprint density at radius 3 is 2.67 bits per heavy atom. The van der Waals surface area contributed by atoms with Crippen molar-refractivity contribution in [1.82, 2.24) is 20.5 Å². The third-order valence-electron chi connectivity index (χ3n) is 2.69. The van der Waals surface area contributed by atoms with Crippen molar-refractivity contribution < 1.29 is 9.21 Å². The molecular formula is C12H16N4O2. The maximum atomic E-state index is 11.9. The smallest absolute Gasteiger partial charge is 0.291 e. The molecule has 0 aliphatic carbocycles. The maximum absolute atomic E-state index is 11.9. The lowest BCUT2D eigenvalue weighted by Crippen LogP contribution is -2.27. The van der Waals surface area contributed by atoms with Crippen LogP contribution in [0.2, 0.25) is 0 Å². The topological polar surface area (TPSA) is 83.8 Å². The average Bonchev–Trinajstić information content (AvgIpc) is 2.84. The molecule has 0 aromatic carbocycles. The second-order valence-corrected chi connectivity index (χ2v) is 4.31. The minimum Gasteiger partial charge on any atom is -0.466 e. The Morgan fingerprint density at radius 2 is 2.17 bits per heavy atom. The van der Waals surface area contributed by atoms with Crippen LogP contribution < -0.4 is 5.32 Å². The Morgan fingerprint density at radius 1 is 1.44 bits per heavy atom. The molecule has 18 heavy (non-hydrogen) atoms. The van der Waals surface area contributed by atoms with Gasteiger partial charge in [0.15, 0.2) is 0 Å². The molecule has 2 rings (SSSR count). The second kappa shape index (κ2) is 4.64. The van der Waals surface area contributed by atoms with Gasteiger partial charge < -0.3 is 9.73 Å². The molecule has 2 aromatic heterocycles. The summed E-state index contributed by atoms with van der Waals surface area (Å²) in [5.41, 5.74) is 0.966. The van der Waals surface area contributed by atoms with Gasteiger partial charge in [-0.15, -0.1) is 5.10 Å². The molecule has 1 unspecified atom stereocenters. The van der Waals surface area contributed by atoms with Crippen molar-refractivity contribution in [2.45, 2.75) is 33.7 Å². The van der Waals surface area contributed by atoms with Gasteiger partial charge in [-0.05, 0) is 33.8 Å². The molecule has 0 aliphatic rings. The van der Waals surface area contributed by atoms with Crippen molar-refractivity contribution in [3.63, 3.8) is 0 Å². The van der Waals surface area contributed by atoms with Gasteiger partial charge in [-0.2, -0.15) is 0 Å². The van der Waals surface area contributed by atoms with Crippen molar-refractivity contribution in [1.29, 1.82) is 0 Å². The van der Waals surface area contributed by atoms with Crippen LogP contribution in [0, 0.1) is 20.8 Å². The summed E-state index contributed by atoms with van der Waals surface area (Å²) in [5, 5.41) is 9.29. The van der Waals surface area contributed by atoms with Gasteiger partial charge >= 0.3 is 0 Å². The van der Waals surface area contributed by atoms with E-state index in [9.17, 15) is 4.79 Å². The first-order valence-electron chi connectivity index (χ1n) is 5.74. The summed E-state index contributed by atoms with van der Waals surface area (Å²) >= 11 is 0. The molecule has 0 fully saturated rings. The Kier molecular flexibility index (Phi) is 3.18. The number of hydrogen-bond donors (Lipinski definition) is 2. The van der Waals surface area contributed by atoms with Gasteiger partial charge in [-0.25, -0.2) is 4.98 Å². The van der Waals surface area contributed by atoms with Crippen LogP contribution in [0.15, 0.2) is 10.5 Å². The predicted molar refractivity (Wildman–Crippen MR) is 65.2 cm³/mol. The van der Waals surface area contributed by atoms with Crippen molar-refractivity contribution in [2.24, 2.45) is 0 Å². The summed E-state index contributed by atoms with van der Waals surface area (Å²) in [7, 11) is 0. The molecule has 0 saturated carbocycles. The number of amides is 1. The van der Waals surface area contributed by atoms with E-state index in [1.165, 1.54) is 0 Å². The molecule has 2 heterocycles. The molecule has 1 amide bonds. The minimum atomic E-state index is -0.301.